The molecule has 3 amide bonds. The monoisotopic (exact) mass is 608 g/mol. The molecule has 4 N–H and O–H groups in total. The van der Waals surface area contributed by atoms with Gasteiger partial charge in [0.1, 0.15) is 18.2 Å². The van der Waals surface area contributed by atoms with E-state index in [1.54, 1.807) is 20.8 Å². The van der Waals surface area contributed by atoms with E-state index in [2.05, 4.69) is 40.2 Å². The van der Waals surface area contributed by atoms with Crippen molar-refractivity contribution in [3.63, 3.8) is 0 Å². The van der Waals surface area contributed by atoms with Gasteiger partial charge >= 0.3 is 12.2 Å². The number of rotatable bonds is 9. The van der Waals surface area contributed by atoms with E-state index in [1.165, 1.54) is 5.06 Å². The standard InChI is InChI=1S/C34H48N4O6/c1-32(2,3)44-31(41)37-28(29(39)36-22-19-33(4,5)38(42)34(6,7)20-22)17-12-18-35-30(40)43-21-27-25-15-10-8-13-23(25)24-14-9-11-16-26(24)27/h8-11,13-16,22,27-28,42H,12,17-21H2,1-7H3,(H,35,40)(H,36,39)(H,37,41)/t28-/m0/s1. The number of alkyl carbamates (subject to hydrolysis) is 2. The Labute approximate surface area is 260 Å². The van der Waals surface area contributed by atoms with Gasteiger partial charge in [-0.1, -0.05) is 48.5 Å². The first-order valence-corrected chi connectivity index (χ1v) is 15.5. The lowest BCUT2D eigenvalue weighted by molar-refractivity contribution is -0.246. The summed E-state index contributed by atoms with van der Waals surface area (Å²) in [5.74, 6) is -0.369. The Balaban J connectivity index is 1.31. The maximum Gasteiger partial charge on any atom is 0.408 e. The number of hydrogen-bond donors (Lipinski definition) is 4. The van der Waals surface area contributed by atoms with Crippen LogP contribution in [0.15, 0.2) is 48.5 Å². The molecule has 4 rings (SSSR count). The summed E-state index contributed by atoms with van der Waals surface area (Å²) in [6.07, 6.45) is 0.563. The molecule has 240 valence electrons. The van der Waals surface area contributed by atoms with E-state index < -0.39 is 34.9 Å². The second-order valence-corrected chi connectivity index (χ2v) is 14.1. The molecule has 1 aliphatic carbocycles. The second kappa shape index (κ2) is 13.2. The van der Waals surface area contributed by atoms with Crippen molar-refractivity contribution in [2.75, 3.05) is 13.2 Å². The Morgan fingerprint density at radius 2 is 1.48 bits per heavy atom. The first-order chi connectivity index (χ1) is 20.6. The van der Waals surface area contributed by atoms with Gasteiger partial charge in [0.25, 0.3) is 0 Å². The van der Waals surface area contributed by atoms with Crippen molar-refractivity contribution in [2.45, 2.75) is 109 Å². The molecule has 0 bridgehead atoms. The number of nitrogens with one attached hydrogen (secondary N) is 3. The number of piperidine rings is 1. The number of carbonyl (C=O) groups excluding carboxylic acids is 3. The smallest absolute Gasteiger partial charge is 0.408 e. The highest BCUT2D eigenvalue weighted by Crippen LogP contribution is 2.44. The van der Waals surface area contributed by atoms with Gasteiger partial charge in [0.15, 0.2) is 0 Å². The lowest BCUT2D eigenvalue weighted by Gasteiger charge is -2.51. The van der Waals surface area contributed by atoms with Gasteiger partial charge in [0.2, 0.25) is 5.91 Å². The highest BCUT2D eigenvalue weighted by atomic mass is 16.6. The van der Waals surface area contributed by atoms with Crippen LogP contribution in [0.1, 0.15) is 91.2 Å². The first-order valence-electron chi connectivity index (χ1n) is 15.5. The van der Waals surface area contributed by atoms with Crippen LogP contribution in [0, 0.1) is 0 Å². The zero-order valence-corrected chi connectivity index (χ0v) is 27.0. The number of hydroxylamine groups is 2. The molecule has 0 aromatic heterocycles. The Bertz CT molecular complexity index is 1290. The Morgan fingerprint density at radius 1 is 0.932 bits per heavy atom. The molecule has 0 unspecified atom stereocenters. The lowest BCUT2D eigenvalue weighted by atomic mass is 9.79. The molecule has 10 nitrogen and oxygen atoms in total. The van der Waals surface area contributed by atoms with Crippen LogP contribution in [0.2, 0.25) is 0 Å². The fraction of sp³-hybridized carbons (Fsp3) is 0.559. The molecule has 1 heterocycles. The van der Waals surface area contributed by atoms with E-state index in [1.807, 2.05) is 52.0 Å². The van der Waals surface area contributed by atoms with Crippen LogP contribution in [0.4, 0.5) is 9.59 Å². The van der Waals surface area contributed by atoms with Crippen molar-refractivity contribution in [1.29, 1.82) is 0 Å². The molecule has 44 heavy (non-hydrogen) atoms. The minimum absolute atomic E-state index is 0.0353. The summed E-state index contributed by atoms with van der Waals surface area (Å²) in [5.41, 5.74) is 2.79. The molecule has 1 atom stereocenters. The lowest BCUT2D eigenvalue weighted by Crippen LogP contribution is -2.64. The third kappa shape index (κ3) is 8.09. The van der Waals surface area contributed by atoms with Crippen LogP contribution < -0.4 is 16.0 Å². The highest BCUT2D eigenvalue weighted by Gasteiger charge is 2.45. The van der Waals surface area contributed by atoms with Gasteiger partial charge in [0, 0.05) is 29.6 Å². The largest absolute Gasteiger partial charge is 0.449 e. The van der Waals surface area contributed by atoms with Crippen molar-refractivity contribution >= 4 is 18.1 Å². The molecule has 0 radical (unpaired) electrons. The summed E-state index contributed by atoms with van der Waals surface area (Å²) in [5, 5.41) is 20.5. The maximum absolute atomic E-state index is 13.4. The van der Waals surface area contributed by atoms with Crippen molar-refractivity contribution in [3.8, 4) is 11.1 Å². The van der Waals surface area contributed by atoms with Crippen LogP contribution in [-0.2, 0) is 14.3 Å². The van der Waals surface area contributed by atoms with E-state index in [4.69, 9.17) is 9.47 Å². The Kier molecular flexibility index (Phi) is 9.95. The number of carbonyl (C=O) groups is 3. The molecule has 1 fully saturated rings. The van der Waals surface area contributed by atoms with E-state index in [-0.39, 0.29) is 37.4 Å². The zero-order valence-electron chi connectivity index (χ0n) is 27.0. The van der Waals surface area contributed by atoms with Crippen LogP contribution >= 0.6 is 0 Å². The maximum atomic E-state index is 13.4. The molecule has 1 saturated heterocycles. The Hall–Kier alpha value is -3.63. The summed E-state index contributed by atoms with van der Waals surface area (Å²) in [6, 6.07) is 15.3. The van der Waals surface area contributed by atoms with Gasteiger partial charge in [-0.05, 0) is 96.4 Å². The Morgan fingerprint density at radius 3 is 2.02 bits per heavy atom. The van der Waals surface area contributed by atoms with Crippen LogP contribution in [0.3, 0.4) is 0 Å². The molecule has 2 aromatic carbocycles. The quantitative estimate of drug-likeness (QED) is 0.268. The molecule has 0 saturated carbocycles. The summed E-state index contributed by atoms with van der Waals surface area (Å²) >= 11 is 0. The van der Waals surface area contributed by atoms with Gasteiger partial charge in [-0.25, -0.2) is 9.59 Å². The van der Waals surface area contributed by atoms with Crippen molar-refractivity contribution in [1.82, 2.24) is 21.0 Å². The third-order valence-corrected chi connectivity index (χ3v) is 8.28. The minimum Gasteiger partial charge on any atom is -0.449 e. The predicted octanol–water partition coefficient (Wildman–Crippen LogP) is 5.73. The summed E-state index contributed by atoms with van der Waals surface area (Å²) in [6.45, 7) is 13.5. The third-order valence-electron chi connectivity index (χ3n) is 8.28. The summed E-state index contributed by atoms with van der Waals surface area (Å²) < 4.78 is 11.0. The SMILES string of the molecule is CC(C)(C)OC(=O)N[C@@H](CCCNC(=O)OCC1c2ccccc2-c2ccccc21)C(=O)NC1CC(C)(C)N(O)C(C)(C)C1. The fourth-order valence-corrected chi connectivity index (χ4v) is 6.54. The van der Waals surface area contributed by atoms with Crippen molar-refractivity contribution in [2.24, 2.45) is 0 Å². The zero-order chi connectivity index (χ0) is 32.3. The number of ether oxygens (including phenoxy) is 2. The molecule has 0 spiro atoms. The van der Waals surface area contributed by atoms with Crippen LogP contribution in [0.5, 0.6) is 0 Å². The number of benzene rings is 2. The number of nitrogens with zero attached hydrogens (tertiary/aromatic N) is 1. The average molecular weight is 609 g/mol. The van der Waals surface area contributed by atoms with Gasteiger partial charge in [-0.2, -0.15) is 5.06 Å². The molecule has 10 heteroatoms. The minimum atomic E-state index is -0.868. The van der Waals surface area contributed by atoms with Gasteiger partial charge < -0.3 is 30.6 Å². The molecule has 2 aliphatic rings. The van der Waals surface area contributed by atoms with Gasteiger partial charge in [-0.15, -0.1) is 0 Å². The van der Waals surface area contributed by atoms with E-state index >= 15 is 0 Å². The summed E-state index contributed by atoms with van der Waals surface area (Å²) in [4.78, 5) is 38.6. The molecular formula is C34H48N4O6. The van der Waals surface area contributed by atoms with E-state index in [0.29, 0.717) is 19.3 Å². The highest BCUT2D eigenvalue weighted by molar-refractivity contribution is 5.86. The first kappa shape index (κ1) is 33.3. The molecule has 2 aromatic rings. The number of fused-ring (bicyclic) bond motifs is 3. The normalized spacial score (nSPS) is 18.5. The summed E-state index contributed by atoms with van der Waals surface area (Å²) in [7, 11) is 0. The van der Waals surface area contributed by atoms with Gasteiger partial charge in [0.05, 0.1) is 0 Å². The predicted molar refractivity (Wildman–Crippen MR) is 168 cm³/mol. The number of amides is 3. The van der Waals surface area contributed by atoms with Crippen molar-refractivity contribution < 1.29 is 29.1 Å². The topological polar surface area (TPSA) is 129 Å². The molecular weight excluding hydrogens is 560 g/mol. The van der Waals surface area contributed by atoms with E-state index in [9.17, 15) is 19.6 Å². The van der Waals surface area contributed by atoms with E-state index in [0.717, 1.165) is 22.3 Å². The van der Waals surface area contributed by atoms with Crippen LogP contribution in [-0.4, -0.2) is 70.3 Å². The van der Waals surface area contributed by atoms with Gasteiger partial charge in [-0.3, -0.25) is 4.79 Å². The second-order valence-electron chi connectivity index (χ2n) is 14.1. The number of hydrogen-bond acceptors (Lipinski definition) is 7. The van der Waals surface area contributed by atoms with Crippen molar-refractivity contribution in [3.05, 3.63) is 59.7 Å². The van der Waals surface area contributed by atoms with Crippen LogP contribution in [0.25, 0.3) is 11.1 Å². The fourth-order valence-electron chi connectivity index (χ4n) is 6.54. The average Bonchev–Trinajstić information content (AvgIpc) is 3.24. The molecule has 1 aliphatic heterocycles.